The highest BCUT2D eigenvalue weighted by Gasteiger charge is 2.23. The molecule has 108 valence electrons. The molecule has 1 aromatic heterocycles. The van der Waals surface area contributed by atoms with E-state index in [1.165, 1.54) is 38.2 Å². The van der Waals surface area contributed by atoms with Crippen molar-refractivity contribution in [2.24, 2.45) is 0 Å². The summed E-state index contributed by atoms with van der Waals surface area (Å²) in [6.07, 6.45) is 2.72. The number of likely N-dealkylation sites (tertiary alicyclic amines) is 1. The van der Waals surface area contributed by atoms with Gasteiger partial charge in [0.2, 0.25) is 0 Å². The SMILES string of the molecule is CCN1CCC[C@H]1CN(C)CCn1nc(C)cc1C. The van der Waals surface area contributed by atoms with E-state index in [-0.39, 0.29) is 0 Å². The Labute approximate surface area is 117 Å². The first kappa shape index (κ1) is 14.5. The number of nitrogens with zero attached hydrogens (tertiary/aromatic N) is 4. The van der Waals surface area contributed by atoms with Crippen molar-refractivity contribution in [3.63, 3.8) is 0 Å². The van der Waals surface area contributed by atoms with Gasteiger partial charge in [0, 0.05) is 24.8 Å². The molecule has 1 aliphatic heterocycles. The minimum atomic E-state index is 0.760. The van der Waals surface area contributed by atoms with Crippen molar-refractivity contribution >= 4 is 0 Å². The average molecular weight is 264 g/mol. The molecule has 0 radical (unpaired) electrons. The van der Waals surface area contributed by atoms with Crippen LogP contribution in [0.15, 0.2) is 6.07 Å². The second kappa shape index (κ2) is 6.53. The standard InChI is InChI=1S/C15H28N4/c1-5-18-8-6-7-15(18)12-17(4)9-10-19-14(3)11-13(2)16-19/h11,15H,5-10,12H2,1-4H3/t15-/m0/s1. The smallest absolute Gasteiger partial charge is 0.0596 e. The van der Waals surface area contributed by atoms with Crippen LogP contribution in [0.25, 0.3) is 0 Å². The van der Waals surface area contributed by atoms with E-state index in [1.807, 2.05) is 0 Å². The quantitative estimate of drug-likeness (QED) is 0.784. The van der Waals surface area contributed by atoms with Crippen LogP contribution in [-0.2, 0) is 6.54 Å². The van der Waals surface area contributed by atoms with Crippen molar-refractivity contribution in [3.05, 3.63) is 17.5 Å². The summed E-state index contributed by atoms with van der Waals surface area (Å²) in [4.78, 5) is 5.06. The molecule has 1 atom stereocenters. The molecule has 0 aliphatic carbocycles. The highest BCUT2D eigenvalue weighted by molar-refractivity contribution is 5.06. The van der Waals surface area contributed by atoms with Crippen LogP contribution in [0.4, 0.5) is 0 Å². The zero-order chi connectivity index (χ0) is 13.8. The van der Waals surface area contributed by atoms with Crippen LogP contribution < -0.4 is 0 Å². The summed E-state index contributed by atoms with van der Waals surface area (Å²) in [6.45, 7) is 12.2. The molecule has 0 N–H and O–H groups in total. The molecule has 0 unspecified atom stereocenters. The summed E-state index contributed by atoms with van der Waals surface area (Å²) in [7, 11) is 2.23. The summed E-state index contributed by atoms with van der Waals surface area (Å²) in [5, 5.41) is 4.52. The van der Waals surface area contributed by atoms with Crippen LogP contribution in [0.5, 0.6) is 0 Å². The minimum Gasteiger partial charge on any atom is -0.303 e. The minimum absolute atomic E-state index is 0.760. The van der Waals surface area contributed by atoms with Crippen LogP contribution in [0.2, 0.25) is 0 Å². The van der Waals surface area contributed by atoms with Crippen LogP contribution in [-0.4, -0.2) is 58.8 Å². The van der Waals surface area contributed by atoms with E-state index in [2.05, 4.69) is 53.5 Å². The number of likely N-dealkylation sites (N-methyl/N-ethyl adjacent to an activating group) is 2. The van der Waals surface area contributed by atoms with Crippen molar-refractivity contribution in [1.29, 1.82) is 0 Å². The molecular weight excluding hydrogens is 236 g/mol. The zero-order valence-corrected chi connectivity index (χ0v) is 12.9. The predicted octanol–water partition coefficient (Wildman–Crippen LogP) is 1.92. The third-order valence-electron chi connectivity index (χ3n) is 4.22. The highest BCUT2D eigenvalue weighted by atomic mass is 15.3. The second-order valence-electron chi connectivity index (χ2n) is 5.84. The molecule has 0 spiro atoms. The number of hydrogen-bond acceptors (Lipinski definition) is 3. The van der Waals surface area contributed by atoms with Gasteiger partial charge in [0.25, 0.3) is 0 Å². The molecular formula is C15H28N4. The first-order valence-corrected chi connectivity index (χ1v) is 7.53. The van der Waals surface area contributed by atoms with E-state index in [4.69, 9.17) is 0 Å². The van der Waals surface area contributed by atoms with Gasteiger partial charge in [-0.2, -0.15) is 5.10 Å². The lowest BCUT2D eigenvalue weighted by Gasteiger charge is -2.27. The van der Waals surface area contributed by atoms with Crippen LogP contribution in [0.1, 0.15) is 31.2 Å². The lowest BCUT2D eigenvalue weighted by Crippen LogP contribution is -2.39. The van der Waals surface area contributed by atoms with Gasteiger partial charge in [0.1, 0.15) is 0 Å². The Morgan fingerprint density at radius 3 is 2.84 bits per heavy atom. The van der Waals surface area contributed by atoms with Crippen molar-refractivity contribution in [1.82, 2.24) is 19.6 Å². The average Bonchev–Trinajstić information content (AvgIpc) is 2.93. The van der Waals surface area contributed by atoms with Crippen molar-refractivity contribution in [2.45, 2.75) is 46.2 Å². The third kappa shape index (κ3) is 3.80. The van der Waals surface area contributed by atoms with Crippen molar-refractivity contribution in [3.8, 4) is 0 Å². The van der Waals surface area contributed by atoms with Gasteiger partial charge in [-0.15, -0.1) is 0 Å². The fraction of sp³-hybridized carbons (Fsp3) is 0.800. The van der Waals surface area contributed by atoms with E-state index in [0.717, 1.165) is 24.8 Å². The number of aromatic nitrogens is 2. The first-order valence-electron chi connectivity index (χ1n) is 7.53. The van der Waals surface area contributed by atoms with E-state index >= 15 is 0 Å². The summed E-state index contributed by atoms with van der Waals surface area (Å²) in [5.41, 5.74) is 2.38. The Hall–Kier alpha value is -0.870. The number of hydrogen-bond donors (Lipinski definition) is 0. The predicted molar refractivity (Wildman–Crippen MR) is 79.5 cm³/mol. The lowest BCUT2D eigenvalue weighted by atomic mass is 10.2. The number of aryl methyl sites for hydroxylation is 2. The third-order valence-corrected chi connectivity index (χ3v) is 4.22. The monoisotopic (exact) mass is 264 g/mol. The van der Waals surface area contributed by atoms with E-state index in [0.29, 0.717) is 0 Å². The van der Waals surface area contributed by atoms with Crippen LogP contribution in [0, 0.1) is 13.8 Å². The van der Waals surface area contributed by atoms with E-state index in [1.54, 1.807) is 0 Å². The normalized spacial score (nSPS) is 20.6. The van der Waals surface area contributed by atoms with Gasteiger partial charge >= 0.3 is 0 Å². The van der Waals surface area contributed by atoms with Gasteiger partial charge in [-0.25, -0.2) is 0 Å². The molecule has 2 heterocycles. The Balaban J connectivity index is 1.78. The van der Waals surface area contributed by atoms with Crippen molar-refractivity contribution < 1.29 is 0 Å². The topological polar surface area (TPSA) is 24.3 Å². The Bertz CT molecular complexity index is 399. The van der Waals surface area contributed by atoms with E-state index in [9.17, 15) is 0 Å². The zero-order valence-electron chi connectivity index (χ0n) is 12.9. The molecule has 4 nitrogen and oxygen atoms in total. The first-order chi connectivity index (χ1) is 9.10. The molecule has 0 amide bonds. The fourth-order valence-electron chi connectivity index (χ4n) is 3.14. The summed E-state index contributed by atoms with van der Waals surface area (Å²) < 4.78 is 2.12. The molecule has 1 fully saturated rings. The molecule has 1 aliphatic rings. The molecule has 19 heavy (non-hydrogen) atoms. The van der Waals surface area contributed by atoms with Crippen molar-refractivity contribution in [2.75, 3.05) is 33.2 Å². The van der Waals surface area contributed by atoms with Gasteiger partial charge in [-0.05, 0) is 52.9 Å². The lowest BCUT2D eigenvalue weighted by molar-refractivity contribution is 0.194. The molecule has 0 aromatic carbocycles. The Kier molecular flexibility index (Phi) is 4.99. The number of rotatable bonds is 6. The highest BCUT2D eigenvalue weighted by Crippen LogP contribution is 2.17. The van der Waals surface area contributed by atoms with Gasteiger partial charge < -0.3 is 4.90 Å². The maximum atomic E-state index is 4.52. The van der Waals surface area contributed by atoms with Gasteiger partial charge in [-0.3, -0.25) is 9.58 Å². The van der Waals surface area contributed by atoms with Crippen LogP contribution in [0.3, 0.4) is 0 Å². The van der Waals surface area contributed by atoms with Gasteiger partial charge in [0.15, 0.2) is 0 Å². The van der Waals surface area contributed by atoms with Crippen LogP contribution >= 0.6 is 0 Å². The molecule has 2 rings (SSSR count). The molecule has 1 saturated heterocycles. The maximum Gasteiger partial charge on any atom is 0.0596 e. The molecule has 0 saturated carbocycles. The molecule has 1 aromatic rings. The maximum absolute atomic E-state index is 4.52. The summed E-state index contributed by atoms with van der Waals surface area (Å²) in [5.74, 6) is 0. The second-order valence-corrected chi connectivity index (χ2v) is 5.84. The Morgan fingerprint density at radius 1 is 1.42 bits per heavy atom. The van der Waals surface area contributed by atoms with Gasteiger partial charge in [-0.1, -0.05) is 6.92 Å². The summed E-state index contributed by atoms with van der Waals surface area (Å²) in [6, 6.07) is 2.91. The molecule has 0 bridgehead atoms. The fourth-order valence-corrected chi connectivity index (χ4v) is 3.14. The van der Waals surface area contributed by atoms with Gasteiger partial charge in [0.05, 0.1) is 12.2 Å². The van der Waals surface area contributed by atoms with E-state index < -0.39 is 0 Å². The largest absolute Gasteiger partial charge is 0.303 e. The summed E-state index contributed by atoms with van der Waals surface area (Å²) >= 11 is 0. The Morgan fingerprint density at radius 2 is 2.21 bits per heavy atom. The molecule has 4 heteroatoms.